The lowest BCUT2D eigenvalue weighted by molar-refractivity contribution is 0.268. The Labute approximate surface area is 128 Å². The molecule has 0 atom stereocenters. The molecule has 0 radical (unpaired) electrons. The lowest BCUT2D eigenvalue weighted by Crippen LogP contribution is -2.40. The van der Waals surface area contributed by atoms with E-state index in [0.717, 1.165) is 13.1 Å². The standard InChI is InChI=1S/C14H19F3N2O2S/c1-2-18-9-10-3-5-19(6-4-10)22(20,21)11-7-12(15)14(17)13(16)8-11/h7-8,10,18H,2-6,9H2,1H3. The number of sulfonamides is 1. The maximum absolute atomic E-state index is 13.2. The summed E-state index contributed by atoms with van der Waals surface area (Å²) in [6.45, 7) is 4.26. The van der Waals surface area contributed by atoms with E-state index in [-0.39, 0.29) is 0 Å². The highest BCUT2D eigenvalue weighted by molar-refractivity contribution is 7.89. The molecule has 1 saturated heterocycles. The largest absolute Gasteiger partial charge is 0.317 e. The molecule has 8 heteroatoms. The Morgan fingerprint density at radius 1 is 1.18 bits per heavy atom. The molecule has 1 aromatic rings. The fourth-order valence-electron chi connectivity index (χ4n) is 2.53. The zero-order valence-electron chi connectivity index (χ0n) is 12.3. The fourth-order valence-corrected chi connectivity index (χ4v) is 4.03. The molecule has 1 aliphatic heterocycles. The molecular weight excluding hydrogens is 317 g/mol. The molecule has 0 amide bonds. The smallest absolute Gasteiger partial charge is 0.243 e. The molecule has 1 aliphatic rings. The SMILES string of the molecule is CCNCC1CCN(S(=O)(=O)c2cc(F)c(F)c(F)c2)CC1. The minimum Gasteiger partial charge on any atom is -0.317 e. The van der Waals surface area contributed by atoms with Gasteiger partial charge >= 0.3 is 0 Å². The number of piperidine rings is 1. The summed E-state index contributed by atoms with van der Waals surface area (Å²) in [5.74, 6) is -4.28. The quantitative estimate of drug-likeness (QED) is 0.838. The summed E-state index contributed by atoms with van der Waals surface area (Å²) in [6.07, 6.45) is 1.36. The van der Waals surface area contributed by atoms with Gasteiger partial charge in [-0.25, -0.2) is 21.6 Å². The molecule has 0 unspecified atom stereocenters. The molecule has 0 aromatic heterocycles. The Bertz CT molecular complexity index is 606. The average Bonchev–Trinajstić information content (AvgIpc) is 2.50. The molecule has 4 nitrogen and oxygen atoms in total. The molecule has 0 aliphatic carbocycles. The Hall–Kier alpha value is -1.12. The highest BCUT2D eigenvalue weighted by Gasteiger charge is 2.30. The normalized spacial score (nSPS) is 17.8. The van der Waals surface area contributed by atoms with Crippen molar-refractivity contribution >= 4 is 10.0 Å². The summed E-state index contributed by atoms with van der Waals surface area (Å²) in [5, 5.41) is 3.22. The fraction of sp³-hybridized carbons (Fsp3) is 0.571. The number of hydrogen-bond donors (Lipinski definition) is 1. The van der Waals surface area contributed by atoms with E-state index in [0.29, 0.717) is 44.0 Å². The van der Waals surface area contributed by atoms with E-state index in [1.54, 1.807) is 0 Å². The van der Waals surface area contributed by atoms with Gasteiger partial charge in [-0.05, 0) is 44.0 Å². The van der Waals surface area contributed by atoms with Gasteiger partial charge in [-0.15, -0.1) is 0 Å². The molecule has 124 valence electrons. The summed E-state index contributed by atoms with van der Waals surface area (Å²) < 4.78 is 65.4. The molecule has 2 rings (SSSR count). The first kappa shape index (κ1) is 17.2. The average molecular weight is 336 g/mol. The van der Waals surface area contributed by atoms with E-state index < -0.39 is 32.4 Å². The third kappa shape index (κ3) is 3.61. The van der Waals surface area contributed by atoms with Gasteiger partial charge in [0.25, 0.3) is 0 Å². The highest BCUT2D eigenvalue weighted by Crippen LogP contribution is 2.25. The summed E-state index contributed by atoms with van der Waals surface area (Å²) in [5.41, 5.74) is 0. The van der Waals surface area contributed by atoms with Crippen molar-refractivity contribution < 1.29 is 21.6 Å². The van der Waals surface area contributed by atoms with Crippen LogP contribution in [-0.4, -0.2) is 38.9 Å². The van der Waals surface area contributed by atoms with Crippen molar-refractivity contribution in [3.05, 3.63) is 29.6 Å². The topological polar surface area (TPSA) is 49.4 Å². The van der Waals surface area contributed by atoms with Gasteiger partial charge in [0.05, 0.1) is 4.90 Å². The summed E-state index contributed by atoms with van der Waals surface area (Å²) in [4.78, 5) is -0.547. The third-order valence-electron chi connectivity index (χ3n) is 3.85. The van der Waals surface area contributed by atoms with Gasteiger partial charge < -0.3 is 5.32 Å². The van der Waals surface area contributed by atoms with Crippen molar-refractivity contribution in [2.45, 2.75) is 24.7 Å². The van der Waals surface area contributed by atoms with Crippen molar-refractivity contribution in [3.63, 3.8) is 0 Å². The lowest BCUT2D eigenvalue weighted by atomic mass is 9.98. The second kappa shape index (κ2) is 6.97. The van der Waals surface area contributed by atoms with Crippen LogP contribution in [0.15, 0.2) is 17.0 Å². The van der Waals surface area contributed by atoms with Crippen molar-refractivity contribution in [1.82, 2.24) is 9.62 Å². The van der Waals surface area contributed by atoms with Crippen LogP contribution in [0.2, 0.25) is 0 Å². The zero-order valence-corrected chi connectivity index (χ0v) is 13.1. The first-order valence-electron chi connectivity index (χ1n) is 7.21. The van der Waals surface area contributed by atoms with Crippen LogP contribution in [0.25, 0.3) is 0 Å². The lowest BCUT2D eigenvalue weighted by Gasteiger charge is -2.31. The first-order valence-corrected chi connectivity index (χ1v) is 8.65. The Balaban J connectivity index is 2.12. The molecule has 1 aromatic carbocycles. The minimum atomic E-state index is -4.00. The van der Waals surface area contributed by atoms with Crippen LogP contribution in [0.1, 0.15) is 19.8 Å². The first-order chi connectivity index (χ1) is 10.4. The van der Waals surface area contributed by atoms with Crippen LogP contribution in [0.5, 0.6) is 0 Å². The number of benzene rings is 1. The van der Waals surface area contributed by atoms with Crippen molar-refractivity contribution in [2.24, 2.45) is 5.92 Å². The predicted molar refractivity (Wildman–Crippen MR) is 76.3 cm³/mol. The van der Waals surface area contributed by atoms with E-state index >= 15 is 0 Å². The third-order valence-corrected chi connectivity index (χ3v) is 5.73. The van der Waals surface area contributed by atoms with Crippen LogP contribution in [0.4, 0.5) is 13.2 Å². The van der Waals surface area contributed by atoms with E-state index in [1.165, 1.54) is 4.31 Å². The van der Waals surface area contributed by atoms with E-state index in [9.17, 15) is 21.6 Å². The summed E-state index contributed by atoms with van der Waals surface area (Å²) in [6, 6.07) is 1.05. The molecule has 22 heavy (non-hydrogen) atoms. The molecule has 0 saturated carbocycles. The van der Waals surface area contributed by atoms with Crippen molar-refractivity contribution in [3.8, 4) is 0 Å². The number of nitrogens with one attached hydrogen (secondary N) is 1. The van der Waals surface area contributed by atoms with E-state index in [4.69, 9.17) is 0 Å². The monoisotopic (exact) mass is 336 g/mol. The molecule has 1 N–H and O–H groups in total. The van der Waals surface area contributed by atoms with Gasteiger partial charge in [0.15, 0.2) is 17.5 Å². The maximum Gasteiger partial charge on any atom is 0.243 e. The predicted octanol–water partition coefficient (Wildman–Crippen LogP) is 2.11. The van der Waals surface area contributed by atoms with Crippen molar-refractivity contribution in [2.75, 3.05) is 26.2 Å². The Morgan fingerprint density at radius 2 is 1.73 bits per heavy atom. The van der Waals surface area contributed by atoms with Gasteiger partial charge in [-0.1, -0.05) is 6.92 Å². The Kier molecular flexibility index (Phi) is 5.46. The molecule has 1 heterocycles. The number of hydrogen-bond acceptors (Lipinski definition) is 3. The van der Waals surface area contributed by atoms with Gasteiger partial charge in [0.1, 0.15) is 0 Å². The van der Waals surface area contributed by atoms with E-state index in [2.05, 4.69) is 5.32 Å². The van der Waals surface area contributed by atoms with E-state index in [1.807, 2.05) is 6.92 Å². The number of rotatable bonds is 5. The minimum absolute atomic E-state index is 0.291. The highest BCUT2D eigenvalue weighted by atomic mass is 32.2. The van der Waals surface area contributed by atoms with Gasteiger partial charge in [0, 0.05) is 13.1 Å². The molecule has 0 bridgehead atoms. The van der Waals surface area contributed by atoms with Gasteiger partial charge in [-0.3, -0.25) is 0 Å². The van der Waals surface area contributed by atoms with Crippen molar-refractivity contribution in [1.29, 1.82) is 0 Å². The van der Waals surface area contributed by atoms with Gasteiger partial charge in [-0.2, -0.15) is 4.31 Å². The second-order valence-electron chi connectivity index (χ2n) is 5.36. The van der Waals surface area contributed by atoms with Crippen LogP contribution >= 0.6 is 0 Å². The molecule has 0 spiro atoms. The van der Waals surface area contributed by atoms with Crippen LogP contribution < -0.4 is 5.32 Å². The zero-order chi connectivity index (χ0) is 16.3. The van der Waals surface area contributed by atoms with Crippen LogP contribution in [0, 0.1) is 23.4 Å². The summed E-state index contributed by atoms with van der Waals surface area (Å²) >= 11 is 0. The number of halogens is 3. The second-order valence-corrected chi connectivity index (χ2v) is 7.29. The molecule has 1 fully saturated rings. The number of nitrogens with zero attached hydrogens (tertiary/aromatic N) is 1. The Morgan fingerprint density at radius 3 is 2.23 bits per heavy atom. The maximum atomic E-state index is 13.2. The van der Waals surface area contributed by atoms with Crippen LogP contribution in [-0.2, 0) is 10.0 Å². The molecular formula is C14H19F3N2O2S. The van der Waals surface area contributed by atoms with Crippen LogP contribution in [0.3, 0.4) is 0 Å². The van der Waals surface area contributed by atoms with Gasteiger partial charge in [0.2, 0.25) is 10.0 Å². The summed E-state index contributed by atoms with van der Waals surface area (Å²) in [7, 11) is -4.00.